The first-order valence-corrected chi connectivity index (χ1v) is 2.78. The Morgan fingerprint density at radius 3 is 3.27 bits per heavy atom. The maximum Gasteiger partial charge on any atom is 0.213 e. The van der Waals surface area contributed by atoms with Crippen LogP contribution in [0, 0.1) is 0 Å². The monoisotopic (exact) mass is 157 g/mol. The van der Waals surface area contributed by atoms with Gasteiger partial charge < -0.3 is 10.3 Å². The lowest BCUT2D eigenvalue weighted by atomic mass is 10.6. The molecule has 1 aromatic heterocycles. The number of hydroxylamine groups is 1. The highest BCUT2D eigenvalue weighted by atomic mass is 16.5. The second kappa shape index (κ2) is 3.52. The van der Waals surface area contributed by atoms with E-state index in [1.54, 1.807) is 5.48 Å². The van der Waals surface area contributed by atoms with Gasteiger partial charge in [0.15, 0.2) is 5.82 Å². The highest BCUT2D eigenvalue weighted by Gasteiger charge is 1.95. The van der Waals surface area contributed by atoms with Gasteiger partial charge in [0.25, 0.3) is 0 Å². The number of nitrogens with two attached hydrogens (primary N) is 1. The first-order valence-electron chi connectivity index (χ1n) is 2.78. The van der Waals surface area contributed by atoms with Gasteiger partial charge in [0.2, 0.25) is 12.4 Å². The zero-order valence-electron chi connectivity index (χ0n) is 5.56. The molecule has 0 atom stereocenters. The minimum atomic E-state index is -0.0881. The molecule has 0 aliphatic rings. The summed E-state index contributed by atoms with van der Waals surface area (Å²) in [4.78, 5) is 7.31. The van der Waals surface area contributed by atoms with Gasteiger partial charge in [-0.3, -0.25) is 5.21 Å². The van der Waals surface area contributed by atoms with Gasteiger partial charge in [-0.05, 0) is 0 Å². The molecule has 1 rings (SSSR count). The minimum Gasteiger partial charge on any atom is -0.368 e. The molecule has 0 saturated carbocycles. The smallest absolute Gasteiger partial charge is 0.213 e. The Hall–Kier alpha value is -1.63. The number of aromatic nitrogens is 2. The van der Waals surface area contributed by atoms with Gasteiger partial charge in [-0.2, -0.15) is 4.98 Å². The standard InChI is InChI=1S/C4H7N5O2/c5-4(8-10)6-1-3-7-2-11-9-3/h2,10H,1H2,(H3,5,6,8). The van der Waals surface area contributed by atoms with E-state index in [0.29, 0.717) is 5.82 Å². The summed E-state index contributed by atoms with van der Waals surface area (Å²) in [6.45, 7) is 0.176. The Morgan fingerprint density at radius 1 is 1.91 bits per heavy atom. The van der Waals surface area contributed by atoms with Crippen molar-refractivity contribution < 1.29 is 9.73 Å². The van der Waals surface area contributed by atoms with Crippen LogP contribution in [0.25, 0.3) is 0 Å². The second-order valence-electron chi connectivity index (χ2n) is 1.66. The van der Waals surface area contributed by atoms with Crippen LogP contribution in [0.2, 0.25) is 0 Å². The fourth-order valence-corrected chi connectivity index (χ4v) is 0.453. The van der Waals surface area contributed by atoms with E-state index in [4.69, 9.17) is 10.9 Å². The molecule has 0 fully saturated rings. The molecule has 1 heterocycles. The topological polar surface area (TPSA) is 110 Å². The third-order valence-corrected chi connectivity index (χ3v) is 0.912. The van der Waals surface area contributed by atoms with Crippen LogP contribution < -0.4 is 11.2 Å². The molecular formula is C4H7N5O2. The predicted molar refractivity (Wildman–Crippen MR) is 34.5 cm³/mol. The van der Waals surface area contributed by atoms with Crippen LogP contribution in [0.15, 0.2) is 15.9 Å². The molecule has 7 nitrogen and oxygen atoms in total. The highest BCUT2D eigenvalue weighted by Crippen LogP contribution is 1.89. The Kier molecular flexibility index (Phi) is 2.39. The Morgan fingerprint density at radius 2 is 2.73 bits per heavy atom. The predicted octanol–water partition coefficient (Wildman–Crippen LogP) is -1.14. The minimum absolute atomic E-state index is 0.0881. The van der Waals surface area contributed by atoms with Gasteiger partial charge in [0, 0.05) is 0 Å². The van der Waals surface area contributed by atoms with Crippen molar-refractivity contribution in [1.29, 1.82) is 0 Å². The van der Waals surface area contributed by atoms with Crippen LogP contribution in [0.5, 0.6) is 0 Å². The fourth-order valence-electron chi connectivity index (χ4n) is 0.453. The van der Waals surface area contributed by atoms with Gasteiger partial charge in [-0.25, -0.2) is 10.5 Å². The maximum absolute atomic E-state index is 8.19. The quantitative estimate of drug-likeness (QED) is 0.284. The van der Waals surface area contributed by atoms with Gasteiger partial charge in [-0.15, -0.1) is 0 Å². The molecule has 0 amide bonds. The summed E-state index contributed by atoms with van der Waals surface area (Å²) in [6.07, 6.45) is 1.19. The van der Waals surface area contributed by atoms with Crippen molar-refractivity contribution in [3.63, 3.8) is 0 Å². The van der Waals surface area contributed by atoms with Crippen LogP contribution in [-0.4, -0.2) is 21.3 Å². The molecule has 0 unspecified atom stereocenters. The van der Waals surface area contributed by atoms with E-state index in [9.17, 15) is 0 Å². The Bertz CT molecular complexity index is 231. The lowest BCUT2D eigenvalue weighted by molar-refractivity contribution is 0.232. The van der Waals surface area contributed by atoms with Crippen LogP contribution in [0.4, 0.5) is 0 Å². The lowest BCUT2D eigenvalue weighted by Crippen LogP contribution is -2.28. The van der Waals surface area contributed by atoms with Gasteiger partial charge in [0.05, 0.1) is 0 Å². The molecule has 0 radical (unpaired) electrons. The normalized spacial score (nSPS) is 11.5. The van der Waals surface area contributed by atoms with E-state index in [1.165, 1.54) is 6.39 Å². The van der Waals surface area contributed by atoms with Crippen molar-refractivity contribution in [2.75, 3.05) is 0 Å². The van der Waals surface area contributed by atoms with E-state index < -0.39 is 0 Å². The molecule has 0 aromatic carbocycles. The van der Waals surface area contributed by atoms with Crippen molar-refractivity contribution in [2.45, 2.75) is 6.54 Å². The average Bonchev–Trinajstić information content (AvgIpc) is 2.52. The molecule has 0 saturated heterocycles. The maximum atomic E-state index is 8.19. The summed E-state index contributed by atoms with van der Waals surface area (Å²) < 4.78 is 4.43. The molecule has 7 heteroatoms. The van der Waals surface area contributed by atoms with E-state index in [2.05, 4.69) is 19.7 Å². The number of rotatable bonds is 2. The van der Waals surface area contributed by atoms with Crippen LogP contribution in [0.1, 0.15) is 5.82 Å². The van der Waals surface area contributed by atoms with Gasteiger partial charge in [0.1, 0.15) is 6.54 Å². The van der Waals surface area contributed by atoms with Crippen molar-refractivity contribution in [3.05, 3.63) is 12.2 Å². The number of hydrogen-bond donors (Lipinski definition) is 3. The third kappa shape index (κ3) is 2.22. The first-order chi connectivity index (χ1) is 5.33. The number of hydrogen-bond acceptors (Lipinski definition) is 5. The van der Waals surface area contributed by atoms with Gasteiger partial charge >= 0.3 is 0 Å². The molecule has 11 heavy (non-hydrogen) atoms. The second-order valence-corrected chi connectivity index (χ2v) is 1.66. The summed E-state index contributed by atoms with van der Waals surface area (Å²) in [6, 6.07) is 0. The van der Waals surface area contributed by atoms with Crippen LogP contribution in [-0.2, 0) is 6.54 Å². The average molecular weight is 157 g/mol. The Balaban J connectivity index is 2.45. The number of nitrogens with one attached hydrogen (secondary N) is 1. The third-order valence-electron chi connectivity index (χ3n) is 0.912. The van der Waals surface area contributed by atoms with E-state index in [1.807, 2.05) is 0 Å². The largest absolute Gasteiger partial charge is 0.368 e. The molecule has 0 aliphatic heterocycles. The van der Waals surface area contributed by atoms with Crippen molar-refractivity contribution in [3.8, 4) is 0 Å². The number of guanidine groups is 1. The molecule has 4 N–H and O–H groups in total. The molecule has 0 aliphatic carbocycles. The fraction of sp³-hybridized carbons (Fsp3) is 0.250. The van der Waals surface area contributed by atoms with Crippen molar-refractivity contribution in [2.24, 2.45) is 10.7 Å². The van der Waals surface area contributed by atoms with E-state index in [0.717, 1.165) is 0 Å². The number of aliphatic imine (C=N–C) groups is 1. The van der Waals surface area contributed by atoms with Crippen LogP contribution in [0.3, 0.4) is 0 Å². The van der Waals surface area contributed by atoms with E-state index in [-0.39, 0.29) is 12.5 Å². The van der Waals surface area contributed by atoms with Crippen molar-refractivity contribution in [1.82, 2.24) is 15.6 Å². The Labute approximate surface area is 61.9 Å². The summed E-state index contributed by atoms with van der Waals surface area (Å²) in [5.74, 6) is 0.318. The van der Waals surface area contributed by atoms with Gasteiger partial charge in [-0.1, -0.05) is 5.16 Å². The number of nitrogens with zero attached hydrogens (tertiary/aromatic N) is 3. The SMILES string of the molecule is NC(=NCc1ncon1)NO. The molecule has 60 valence electrons. The molecular weight excluding hydrogens is 150 g/mol. The molecule has 1 aromatic rings. The highest BCUT2D eigenvalue weighted by molar-refractivity contribution is 5.76. The zero-order valence-corrected chi connectivity index (χ0v) is 5.56. The van der Waals surface area contributed by atoms with Crippen LogP contribution >= 0.6 is 0 Å². The summed E-state index contributed by atoms with van der Waals surface area (Å²) in [5, 5.41) is 11.7. The lowest BCUT2D eigenvalue weighted by Gasteiger charge is -1.93. The van der Waals surface area contributed by atoms with Crippen molar-refractivity contribution >= 4 is 5.96 Å². The first kappa shape index (κ1) is 7.48. The zero-order chi connectivity index (χ0) is 8.10. The molecule has 0 bridgehead atoms. The van der Waals surface area contributed by atoms with E-state index >= 15 is 0 Å². The summed E-state index contributed by atoms with van der Waals surface area (Å²) in [7, 11) is 0. The summed E-state index contributed by atoms with van der Waals surface area (Å²) >= 11 is 0. The molecule has 0 spiro atoms. The summed E-state index contributed by atoms with van der Waals surface area (Å²) in [5.41, 5.74) is 6.76.